The molecule has 0 fully saturated rings. The van der Waals surface area contributed by atoms with Gasteiger partial charge >= 0.3 is 0 Å². The minimum absolute atomic E-state index is 0.0238. The van der Waals surface area contributed by atoms with Crippen LogP contribution in [0.4, 0.5) is 0 Å². The van der Waals surface area contributed by atoms with Gasteiger partial charge in [0.2, 0.25) is 0 Å². The molecule has 1 atom stereocenters. The van der Waals surface area contributed by atoms with Gasteiger partial charge in [-0.1, -0.05) is 20.8 Å². The average Bonchev–Trinajstić information content (AvgIpc) is 2.13. The largest absolute Gasteiger partial charge is 0.240 e. The van der Waals surface area contributed by atoms with Crippen LogP contribution in [0.15, 0.2) is 6.20 Å². The normalized spacial score (nSPS) is 13.9. The maximum Gasteiger partial charge on any atom is 0.138 e. The van der Waals surface area contributed by atoms with Crippen molar-refractivity contribution in [3.63, 3.8) is 0 Å². The minimum Gasteiger partial charge on any atom is -0.240 e. The summed E-state index contributed by atoms with van der Waals surface area (Å²) in [5.41, 5.74) is 2.01. The predicted molar refractivity (Wildman–Crippen MR) is 72.1 cm³/mol. The van der Waals surface area contributed by atoms with E-state index in [4.69, 9.17) is 11.6 Å². The van der Waals surface area contributed by atoms with Crippen LogP contribution < -0.4 is 0 Å². The summed E-state index contributed by atoms with van der Waals surface area (Å²) < 4.78 is 0.246. The Kier molecular flexibility index (Phi) is 4.62. The second-order valence-electron chi connectivity index (χ2n) is 4.84. The van der Waals surface area contributed by atoms with Crippen molar-refractivity contribution in [1.82, 2.24) is 9.97 Å². The summed E-state index contributed by atoms with van der Waals surface area (Å²) in [7, 11) is 0. The molecule has 90 valence electrons. The lowest BCUT2D eigenvalue weighted by Crippen LogP contribution is -2.09. The third kappa shape index (κ3) is 4.30. The maximum absolute atomic E-state index is 6.03. The molecular formula is C12H19ClN2S. The number of hydrogen-bond donors (Lipinski definition) is 0. The van der Waals surface area contributed by atoms with E-state index in [1.807, 2.05) is 31.8 Å². The summed E-state index contributed by atoms with van der Waals surface area (Å²) in [5.74, 6) is 1.74. The molecule has 4 heteroatoms. The highest BCUT2D eigenvalue weighted by atomic mass is 35.5. The van der Waals surface area contributed by atoms with E-state index in [-0.39, 0.29) is 10.1 Å². The van der Waals surface area contributed by atoms with Gasteiger partial charge in [-0.3, -0.25) is 0 Å². The molecule has 0 aliphatic heterocycles. The van der Waals surface area contributed by atoms with E-state index in [0.717, 1.165) is 22.8 Å². The summed E-state index contributed by atoms with van der Waals surface area (Å²) in [6, 6.07) is 0. The quantitative estimate of drug-likeness (QED) is 0.763. The van der Waals surface area contributed by atoms with Crippen molar-refractivity contribution in [3.05, 3.63) is 23.3 Å². The molecule has 1 aromatic rings. The van der Waals surface area contributed by atoms with Crippen LogP contribution in [-0.4, -0.2) is 14.7 Å². The van der Waals surface area contributed by atoms with E-state index in [1.54, 1.807) is 0 Å². The molecule has 1 heterocycles. The minimum atomic E-state index is -0.0238. The van der Waals surface area contributed by atoms with Gasteiger partial charge in [0, 0.05) is 22.2 Å². The van der Waals surface area contributed by atoms with Crippen LogP contribution in [0.2, 0.25) is 0 Å². The molecule has 16 heavy (non-hydrogen) atoms. The molecule has 1 aromatic heterocycles. The molecule has 0 amide bonds. The number of thioether (sulfide) groups is 1. The molecule has 0 aliphatic rings. The van der Waals surface area contributed by atoms with Gasteiger partial charge in [0.15, 0.2) is 0 Å². The molecule has 0 spiro atoms. The lowest BCUT2D eigenvalue weighted by Gasteiger charge is -2.17. The first-order valence-corrected chi connectivity index (χ1v) is 6.82. The van der Waals surface area contributed by atoms with Crippen LogP contribution in [0.5, 0.6) is 0 Å². The van der Waals surface area contributed by atoms with Crippen molar-refractivity contribution in [2.24, 2.45) is 0 Å². The Morgan fingerprint density at radius 1 is 1.44 bits per heavy atom. The van der Waals surface area contributed by atoms with Gasteiger partial charge in [-0.05, 0) is 13.8 Å². The zero-order valence-corrected chi connectivity index (χ0v) is 12.1. The first kappa shape index (κ1) is 13.8. The zero-order chi connectivity index (χ0) is 12.3. The van der Waals surface area contributed by atoms with Crippen LogP contribution in [-0.2, 0) is 5.75 Å². The lowest BCUT2D eigenvalue weighted by atomic mass is 10.2. The van der Waals surface area contributed by atoms with E-state index >= 15 is 0 Å². The molecule has 1 unspecified atom stereocenters. The van der Waals surface area contributed by atoms with Gasteiger partial charge in [0.25, 0.3) is 0 Å². The maximum atomic E-state index is 6.03. The molecule has 0 aliphatic carbocycles. The molecule has 0 saturated carbocycles. The smallest absolute Gasteiger partial charge is 0.138 e. The van der Waals surface area contributed by atoms with Gasteiger partial charge < -0.3 is 0 Å². The fraction of sp³-hybridized carbons (Fsp3) is 0.667. The molecule has 0 radical (unpaired) electrons. The Bertz CT molecular complexity index is 359. The Hall–Kier alpha value is -0.280. The van der Waals surface area contributed by atoms with Crippen molar-refractivity contribution in [3.8, 4) is 0 Å². The van der Waals surface area contributed by atoms with E-state index in [2.05, 4.69) is 30.7 Å². The Morgan fingerprint density at radius 2 is 2.06 bits per heavy atom. The number of aryl methyl sites for hydroxylation is 1. The van der Waals surface area contributed by atoms with Gasteiger partial charge in [-0.15, -0.1) is 23.4 Å². The summed E-state index contributed by atoms with van der Waals surface area (Å²) in [4.78, 5) is 8.83. The lowest BCUT2D eigenvalue weighted by molar-refractivity contribution is 0.799. The average molecular weight is 259 g/mol. The molecular weight excluding hydrogens is 240 g/mol. The highest BCUT2D eigenvalue weighted by Gasteiger charge is 2.13. The number of hydrogen-bond acceptors (Lipinski definition) is 3. The summed E-state index contributed by atoms with van der Waals surface area (Å²) >= 11 is 7.88. The first-order chi connectivity index (χ1) is 7.29. The van der Waals surface area contributed by atoms with Crippen LogP contribution in [0, 0.1) is 6.92 Å². The van der Waals surface area contributed by atoms with Gasteiger partial charge in [-0.2, -0.15) is 0 Å². The number of nitrogens with zero attached hydrogens (tertiary/aromatic N) is 2. The molecule has 0 N–H and O–H groups in total. The highest BCUT2D eigenvalue weighted by molar-refractivity contribution is 7.99. The molecule has 1 rings (SSSR count). The molecule has 0 bridgehead atoms. The Balaban J connectivity index is 2.74. The Labute approximate surface area is 107 Å². The van der Waals surface area contributed by atoms with Crippen molar-refractivity contribution in [1.29, 1.82) is 0 Å². The summed E-state index contributed by atoms with van der Waals surface area (Å²) in [6.07, 6.45) is 1.85. The number of rotatable bonds is 3. The monoisotopic (exact) mass is 258 g/mol. The van der Waals surface area contributed by atoms with Crippen LogP contribution in [0.1, 0.15) is 50.2 Å². The van der Waals surface area contributed by atoms with E-state index in [0.29, 0.717) is 0 Å². The predicted octanol–water partition coefficient (Wildman–Crippen LogP) is 4.12. The van der Waals surface area contributed by atoms with E-state index < -0.39 is 0 Å². The molecule has 0 saturated heterocycles. The fourth-order valence-corrected chi connectivity index (χ4v) is 2.18. The second kappa shape index (κ2) is 5.37. The van der Waals surface area contributed by atoms with Crippen LogP contribution in [0.3, 0.4) is 0 Å². The number of halogens is 1. The van der Waals surface area contributed by atoms with Crippen molar-refractivity contribution in [2.45, 2.75) is 50.5 Å². The topological polar surface area (TPSA) is 25.8 Å². The van der Waals surface area contributed by atoms with Gasteiger partial charge in [0.05, 0.1) is 11.1 Å². The summed E-state index contributed by atoms with van der Waals surface area (Å²) in [6.45, 7) is 10.5. The molecule has 0 aromatic carbocycles. The van der Waals surface area contributed by atoms with Gasteiger partial charge in [-0.25, -0.2) is 9.97 Å². The van der Waals surface area contributed by atoms with Crippen LogP contribution >= 0.6 is 23.4 Å². The van der Waals surface area contributed by atoms with Crippen molar-refractivity contribution < 1.29 is 0 Å². The Morgan fingerprint density at radius 3 is 2.50 bits per heavy atom. The third-order valence-electron chi connectivity index (χ3n) is 2.13. The number of alkyl halides is 1. The third-order valence-corrected chi connectivity index (χ3v) is 3.63. The summed E-state index contributed by atoms with van der Waals surface area (Å²) in [5, 5.41) is -0.0238. The van der Waals surface area contributed by atoms with Gasteiger partial charge in [0.1, 0.15) is 5.82 Å². The molecule has 2 nitrogen and oxygen atoms in total. The SMILES string of the molecule is Cc1nc(CSC(C)(C)C)ncc1C(C)Cl. The van der Waals surface area contributed by atoms with E-state index in [9.17, 15) is 0 Å². The van der Waals surface area contributed by atoms with Crippen molar-refractivity contribution >= 4 is 23.4 Å². The first-order valence-electron chi connectivity index (χ1n) is 5.40. The highest BCUT2D eigenvalue weighted by Crippen LogP contribution is 2.27. The van der Waals surface area contributed by atoms with Crippen LogP contribution in [0.25, 0.3) is 0 Å². The number of aromatic nitrogens is 2. The van der Waals surface area contributed by atoms with Crippen molar-refractivity contribution in [2.75, 3.05) is 0 Å². The second-order valence-corrected chi connectivity index (χ2v) is 7.30. The zero-order valence-electron chi connectivity index (χ0n) is 10.5. The standard InChI is InChI=1S/C12H19ClN2S/c1-8(13)10-6-14-11(15-9(10)2)7-16-12(3,4)5/h6,8H,7H2,1-5H3. The van der Waals surface area contributed by atoms with E-state index in [1.165, 1.54) is 0 Å². The fourth-order valence-electron chi connectivity index (χ4n) is 1.27.